The second kappa shape index (κ2) is 5.63. The molecule has 18 heavy (non-hydrogen) atoms. The fraction of sp³-hybridized carbons (Fsp3) is 0.182. The van der Waals surface area contributed by atoms with Crippen molar-refractivity contribution in [3.05, 3.63) is 40.5 Å². The van der Waals surface area contributed by atoms with Crippen LogP contribution in [0.25, 0.3) is 6.08 Å². The van der Waals surface area contributed by atoms with Gasteiger partial charge in [0.2, 0.25) is 0 Å². The molecule has 0 amide bonds. The molecule has 0 fully saturated rings. The van der Waals surface area contributed by atoms with Crippen LogP contribution in [-0.4, -0.2) is 19.6 Å². The van der Waals surface area contributed by atoms with Gasteiger partial charge in [-0.05, 0) is 0 Å². The van der Waals surface area contributed by atoms with Crippen LogP contribution in [0.2, 0.25) is 0 Å². The van der Waals surface area contributed by atoms with Crippen LogP contribution in [0.1, 0.15) is 15.9 Å². The Labute approximate surface area is 99.8 Å². The van der Waals surface area contributed by atoms with E-state index in [1.165, 1.54) is 0 Å². The van der Waals surface area contributed by atoms with Crippen molar-refractivity contribution >= 4 is 12.0 Å². The number of esters is 1. The van der Waals surface area contributed by atoms with Gasteiger partial charge in [-0.25, -0.2) is 22.4 Å². The van der Waals surface area contributed by atoms with Crippen LogP contribution in [0.3, 0.4) is 0 Å². The number of carbonyl (C=O) groups excluding carboxylic acids is 1. The molecule has 0 atom stereocenters. The van der Waals surface area contributed by atoms with Gasteiger partial charge in [0.05, 0.1) is 12.7 Å². The minimum absolute atomic E-state index is 0.0686. The maximum Gasteiger partial charge on any atom is 0.344 e. The van der Waals surface area contributed by atoms with Crippen molar-refractivity contribution in [2.45, 2.75) is 0 Å². The maximum absolute atomic E-state index is 13.4. The lowest BCUT2D eigenvalue weighted by Crippen LogP contribution is -2.13. The normalized spacial score (nSPS) is 11.0. The van der Waals surface area contributed by atoms with Gasteiger partial charge in [-0.15, -0.1) is 0 Å². The number of hydrogen-bond donors (Lipinski definition) is 1. The second-order valence-corrected chi connectivity index (χ2v) is 3.17. The summed E-state index contributed by atoms with van der Waals surface area (Å²) in [5, 5.41) is 0. The number of ether oxygens (including phenoxy) is 1. The first-order chi connectivity index (χ1) is 8.45. The van der Waals surface area contributed by atoms with Gasteiger partial charge < -0.3 is 10.5 Å². The van der Waals surface area contributed by atoms with Crippen LogP contribution in [0, 0.1) is 23.3 Å². The lowest BCUT2D eigenvalue weighted by Gasteiger charge is -2.08. The Morgan fingerprint density at radius 1 is 1.17 bits per heavy atom. The zero-order valence-electron chi connectivity index (χ0n) is 9.27. The summed E-state index contributed by atoms with van der Waals surface area (Å²) in [5.74, 6) is -8.48. The first-order valence-electron chi connectivity index (χ1n) is 4.76. The van der Waals surface area contributed by atoms with Crippen molar-refractivity contribution in [2.24, 2.45) is 5.73 Å². The Morgan fingerprint density at radius 2 is 1.67 bits per heavy atom. The third-order valence-corrected chi connectivity index (χ3v) is 2.11. The van der Waals surface area contributed by atoms with E-state index in [-0.39, 0.29) is 6.54 Å². The molecule has 0 heterocycles. The Hall–Kier alpha value is -1.89. The third-order valence-electron chi connectivity index (χ3n) is 2.11. The zero-order chi connectivity index (χ0) is 13.9. The molecule has 0 aliphatic carbocycles. The van der Waals surface area contributed by atoms with Crippen molar-refractivity contribution in [1.29, 1.82) is 0 Å². The third kappa shape index (κ3) is 2.35. The molecular weight excluding hydrogens is 254 g/mol. The molecule has 1 aromatic rings. The molecule has 0 radical (unpaired) electrons. The summed E-state index contributed by atoms with van der Waals surface area (Å²) in [4.78, 5) is 11.0. The molecule has 7 heteroatoms. The van der Waals surface area contributed by atoms with Crippen LogP contribution in [0.4, 0.5) is 17.6 Å². The minimum atomic E-state index is -1.81. The Kier molecular flexibility index (Phi) is 4.43. The lowest BCUT2D eigenvalue weighted by molar-refractivity contribution is 0.0587. The van der Waals surface area contributed by atoms with Gasteiger partial charge in [0.25, 0.3) is 0 Å². The molecule has 3 nitrogen and oxygen atoms in total. The van der Waals surface area contributed by atoms with E-state index in [2.05, 4.69) is 4.74 Å². The molecule has 0 aromatic heterocycles. The average Bonchev–Trinajstić information content (AvgIpc) is 2.36. The summed E-state index contributed by atoms with van der Waals surface area (Å²) >= 11 is 0. The molecule has 98 valence electrons. The van der Waals surface area contributed by atoms with E-state index in [4.69, 9.17) is 5.73 Å². The number of nitrogens with two attached hydrogens (primary N) is 1. The van der Waals surface area contributed by atoms with Gasteiger partial charge in [-0.2, -0.15) is 0 Å². The number of rotatable bonds is 3. The highest BCUT2D eigenvalue weighted by atomic mass is 19.2. The molecule has 1 rings (SSSR count). The molecular formula is C11H9F4NO2. The number of benzene rings is 1. The van der Waals surface area contributed by atoms with E-state index in [0.29, 0.717) is 0 Å². The zero-order valence-corrected chi connectivity index (χ0v) is 9.27. The van der Waals surface area contributed by atoms with Crippen molar-refractivity contribution < 1.29 is 27.1 Å². The smallest absolute Gasteiger partial charge is 0.344 e. The van der Waals surface area contributed by atoms with Crippen LogP contribution >= 0.6 is 0 Å². The highest BCUT2D eigenvalue weighted by molar-refractivity contribution is 5.90. The van der Waals surface area contributed by atoms with Crippen molar-refractivity contribution in [3.63, 3.8) is 0 Å². The van der Waals surface area contributed by atoms with Gasteiger partial charge in [-0.3, -0.25) is 0 Å². The van der Waals surface area contributed by atoms with Gasteiger partial charge >= 0.3 is 5.97 Å². The number of carbonyl (C=O) groups is 1. The fourth-order valence-corrected chi connectivity index (χ4v) is 1.26. The van der Waals surface area contributed by atoms with Crippen LogP contribution in [0.15, 0.2) is 6.08 Å². The molecule has 0 aliphatic rings. The molecule has 0 saturated carbocycles. The predicted octanol–water partition coefficient (Wildman–Crippen LogP) is 2.00. The van der Waals surface area contributed by atoms with Crippen LogP contribution in [0.5, 0.6) is 0 Å². The topological polar surface area (TPSA) is 52.3 Å². The summed E-state index contributed by atoms with van der Waals surface area (Å²) in [6.07, 6.45) is 1.90. The van der Waals surface area contributed by atoms with Crippen molar-refractivity contribution in [2.75, 3.05) is 13.7 Å². The van der Waals surface area contributed by atoms with E-state index in [1.54, 1.807) is 0 Å². The van der Waals surface area contributed by atoms with Gasteiger partial charge in [-0.1, -0.05) is 12.2 Å². The monoisotopic (exact) mass is 263 g/mol. The highest BCUT2D eigenvalue weighted by Gasteiger charge is 2.28. The van der Waals surface area contributed by atoms with Crippen LogP contribution < -0.4 is 5.73 Å². The second-order valence-electron chi connectivity index (χ2n) is 3.17. The predicted molar refractivity (Wildman–Crippen MR) is 55.7 cm³/mol. The van der Waals surface area contributed by atoms with Crippen LogP contribution in [-0.2, 0) is 4.74 Å². The van der Waals surface area contributed by atoms with Crippen molar-refractivity contribution in [3.8, 4) is 0 Å². The largest absolute Gasteiger partial charge is 0.465 e. The SMILES string of the molecule is COC(=O)c1c(F)c(F)c(/C=C/CN)c(F)c1F. The van der Waals surface area contributed by atoms with Crippen molar-refractivity contribution in [1.82, 2.24) is 0 Å². The van der Waals surface area contributed by atoms with E-state index < -0.39 is 40.4 Å². The van der Waals surface area contributed by atoms with E-state index in [9.17, 15) is 22.4 Å². The standard InChI is InChI=1S/C11H9F4NO2/c1-18-11(17)6-9(14)7(12)5(3-2-4-16)8(13)10(6)15/h2-3H,4,16H2,1H3/b3-2+. The fourth-order valence-electron chi connectivity index (χ4n) is 1.26. The minimum Gasteiger partial charge on any atom is -0.465 e. The van der Waals surface area contributed by atoms with Gasteiger partial charge in [0, 0.05) is 6.54 Å². The Balaban J connectivity index is 3.55. The summed E-state index contributed by atoms with van der Waals surface area (Å²) in [5.41, 5.74) is 2.71. The molecule has 0 aliphatic heterocycles. The quantitative estimate of drug-likeness (QED) is 0.515. The average molecular weight is 263 g/mol. The Morgan fingerprint density at radius 3 is 2.06 bits per heavy atom. The number of methoxy groups -OCH3 is 1. The molecule has 1 aromatic carbocycles. The summed E-state index contributed by atoms with van der Waals surface area (Å²) in [6, 6.07) is 0. The summed E-state index contributed by atoms with van der Waals surface area (Å²) in [6.45, 7) is -0.0686. The molecule has 2 N–H and O–H groups in total. The summed E-state index contributed by atoms with van der Waals surface area (Å²) < 4.78 is 57.8. The molecule has 0 unspecified atom stereocenters. The molecule has 0 spiro atoms. The number of halogens is 4. The highest BCUT2D eigenvalue weighted by Crippen LogP contribution is 2.25. The first-order valence-corrected chi connectivity index (χ1v) is 4.76. The number of hydrogen-bond acceptors (Lipinski definition) is 3. The lowest BCUT2D eigenvalue weighted by atomic mass is 10.1. The summed E-state index contributed by atoms with van der Waals surface area (Å²) in [7, 11) is 0.833. The van der Waals surface area contributed by atoms with Gasteiger partial charge in [0.15, 0.2) is 23.3 Å². The first kappa shape index (κ1) is 14.2. The van der Waals surface area contributed by atoms with E-state index in [0.717, 1.165) is 19.3 Å². The maximum atomic E-state index is 13.4. The van der Waals surface area contributed by atoms with E-state index in [1.807, 2.05) is 0 Å². The Bertz CT molecular complexity index is 485. The molecule has 0 bridgehead atoms. The van der Waals surface area contributed by atoms with Gasteiger partial charge in [0.1, 0.15) is 5.56 Å². The molecule has 0 saturated heterocycles. The van der Waals surface area contributed by atoms with E-state index >= 15 is 0 Å².